The predicted molar refractivity (Wildman–Crippen MR) is 129 cm³/mol. The normalized spacial score (nSPS) is 12.4. The number of hydrogen-bond donors (Lipinski definition) is 1. The topological polar surface area (TPSA) is 57.8 Å². The van der Waals surface area contributed by atoms with E-state index in [-0.39, 0.29) is 17.4 Å². The minimum absolute atomic E-state index is 0.0228. The molecule has 4 aromatic rings. The average molecular weight is 438 g/mol. The molecule has 33 heavy (non-hydrogen) atoms. The summed E-state index contributed by atoms with van der Waals surface area (Å²) in [4.78, 5) is 12.9. The van der Waals surface area contributed by atoms with Crippen molar-refractivity contribution in [3.05, 3.63) is 113 Å². The van der Waals surface area contributed by atoms with Crippen molar-refractivity contribution in [1.82, 2.24) is 9.88 Å². The Labute approximate surface area is 192 Å². The Kier molecular flexibility index (Phi) is 6.37. The van der Waals surface area contributed by atoms with Crippen LogP contribution in [0.3, 0.4) is 0 Å². The maximum absolute atomic E-state index is 14.3. The second-order valence-corrected chi connectivity index (χ2v) is 7.97. The van der Waals surface area contributed by atoms with Gasteiger partial charge < -0.3 is 9.88 Å². The van der Waals surface area contributed by atoms with Crippen LogP contribution in [0.1, 0.15) is 35.3 Å². The van der Waals surface area contributed by atoms with E-state index in [1.165, 1.54) is 6.07 Å². The summed E-state index contributed by atoms with van der Waals surface area (Å²) in [7, 11) is 0. The van der Waals surface area contributed by atoms with E-state index in [2.05, 4.69) is 5.32 Å². The molecule has 0 unspecified atom stereocenters. The van der Waals surface area contributed by atoms with Gasteiger partial charge in [0.15, 0.2) is 0 Å². The molecule has 1 atom stereocenters. The molecular weight excluding hydrogens is 413 g/mol. The van der Waals surface area contributed by atoms with Crippen LogP contribution in [0.4, 0.5) is 4.39 Å². The zero-order chi connectivity index (χ0) is 23.4. The Morgan fingerprint density at radius 2 is 1.73 bits per heavy atom. The van der Waals surface area contributed by atoms with E-state index >= 15 is 0 Å². The maximum Gasteiger partial charge on any atom is 0.262 e. The lowest BCUT2D eigenvalue weighted by Crippen LogP contribution is -2.27. The highest BCUT2D eigenvalue weighted by atomic mass is 19.1. The summed E-state index contributed by atoms with van der Waals surface area (Å²) in [5.74, 6) is -0.696. The molecular formula is C28H24FN3O. The summed E-state index contributed by atoms with van der Waals surface area (Å²) in [6, 6.07) is 25.8. The van der Waals surface area contributed by atoms with Crippen LogP contribution in [0.25, 0.3) is 17.0 Å². The van der Waals surface area contributed by atoms with Gasteiger partial charge in [-0.3, -0.25) is 4.79 Å². The molecule has 1 aromatic heterocycles. The van der Waals surface area contributed by atoms with E-state index in [1.807, 2.05) is 85.1 Å². The summed E-state index contributed by atoms with van der Waals surface area (Å²) >= 11 is 0. The van der Waals surface area contributed by atoms with Crippen molar-refractivity contribution < 1.29 is 9.18 Å². The van der Waals surface area contributed by atoms with Crippen molar-refractivity contribution in [3.63, 3.8) is 0 Å². The standard InChI is InChI=1S/C28H24FN3O/c1-19(21-10-4-3-5-11-21)31-28(33)23(17-30)16-25-20(2)32(27-15-9-7-13-24(25)27)18-22-12-6-8-14-26(22)29/h3-16,19H,18H2,1-2H3,(H,31,33)/b23-16-/t19-/m1/s1. The van der Waals surface area contributed by atoms with Crippen LogP contribution in [0.5, 0.6) is 0 Å². The first-order valence-electron chi connectivity index (χ1n) is 10.8. The molecule has 0 aliphatic carbocycles. The number of carbonyl (C=O) groups excluding carboxylic acids is 1. The fraction of sp³-hybridized carbons (Fsp3) is 0.143. The number of carbonyl (C=O) groups is 1. The molecule has 4 rings (SSSR count). The number of amides is 1. The van der Waals surface area contributed by atoms with Gasteiger partial charge in [0.1, 0.15) is 17.5 Å². The molecule has 0 saturated carbocycles. The van der Waals surface area contributed by atoms with Crippen molar-refractivity contribution in [2.75, 3.05) is 0 Å². The molecule has 1 heterocycles. The molecule has 4 nitrogen and oxygen atoms in total. The second kappa shape index (κ2) is 9.54. The molecule has 0 radical (unpaired) electrons. The monoisotopic (exact) mass is 437 g/mol. The summed E-state index contributed by atoms with van der Waals surface area (Å²) in [6.07, 6.45) is 1.63. The number of aromatic nitrogens is 1. The molecule has 0 aliphatic rings. The summed E-state index contributed by atoms with van der Waals surface area (Å²) in [5.41, 5.74) is 4.11. The van der Waals surface area contributed by atoms with Crippen LogP contribution < -0.4 is 5.32 Å². The smallest absolute Gasteiger partial charge is 0.262 e. The lowest BCUT2D eigenvalue weighted by molar-refractivity contribution is -0.117. The van der Waals surface area contributed by atoms with E-state index in [4.69, 9.17) is 0 Å². The van der Waals surface area contributed by atoms with E-state index in [0.29, 0.717) is 12.1 Å². The third kappa shape index (κ3) is 4.56. The van der Waals surface area contributed by atoms with Gasteiger partial charge in [0, 0.05) is 27.7 Å². The Hall–Kier alpha value is -4.17. The number of para-hydroxylation sites is 1. The van der Waals surface area contributed by atoms with Crippen molar-refractivity contribution in [2.24, 2.45) is 0 Å². The van der Waals surface area contributed by atoms with Gasteiger partial charge in [0.2, 0.25) is 0 Å². The van der Waals surface area contributed by atoms with Gasteiger partial charge in [-0.15, -0.1) is 0 Å². The highest BCUT2D eigenvalue weighted by Gasteiger charge is 2.18. The van der Waals surface area contributed by atoms with Gasteiger partial charge in [-0.2, -0.15) is 5.26 Å². The molecule has 0 spiro atoms. The van der Waals surface area contributed by atoms with E-state index < -0.39 is 5.91 Å². The quantitative estimate of drug-likeness (QED) is 0.301. The minimum Gasteiger partial charge on any atom is -0.345 e. The molecule has 0 aliphatic heterocycles. The molecule has 1 amide bonds. The van der Waals surface area contributed by atoms with Crippen LogP contribution in [-0.4, -0.2) is 10.5 Å². The number of benzene rings is 3. The second-order valence-electron chi connectivity index (χ2n) is 7.97. The number of hydrogen-bond acceptors (Lipinski definition) is 2. The zero-order valence-corrected chi connectivity index (χ0v) is 18.5. The fourth-order valence-electron chi connectivity index (χ4n) is 4.03. The number of halogens is 1. The maximum atomic E-state index is 14.3. The van der Waals surface area contributed by atoms with Gasteiger partial charge in [0.05, 0.1) is 12.6 Å². The molecule has 164 valence electrons. The third-order valence-electron chi connectivity index (χ3n) is 5.87. The lowest BCUT2D eigenvalue weighted by atomic mass is 10.1. The van der Waals surface area contributed by atoms with Crippen LogP contribution in [0, 0.1) is 24.1 Å². The van der Waals surface area contributed by atoms with Gasteiger partial charge >= 0.3 is 0 Å². The summed E-state index contributed by atoms with van der Waals surface area (Å²) in [5, 5.41) is 13.6. The van der Waals surface area contributed by atoms with Gasteiger partial charge in [-0.25, -0.2) is 4.39 Å². The number of nitrogens with one attached hydrogen (secondary N) is 1. The van der Waals surface area contributed by atoms with Crippen molar-refractivity contribution in [2.45, 2.75) is 26.4 Å². The first-order valence-corrected chi connectivity index (χ1v) is 10.8. The molecule has 3 aromatic carbocycles. The number of rotatable bonds is 6. The van der Waals surface area contributed by atoms with Crippen molar-refractivity contribution in [3.8, 4) is 6.07 Å². The largest absolute Gasteiger partial charge is 0.345 e. The van der Waals surface area contributed by atoms with Crippen LogP contribution in [0.15, 0.2) is 84.4 Å². The van der Waals surface area contributed by atoms with Crippen LogP contribution in [0.2, 0.25) is 0 Å². The van der Waals surface area contributed by atoms with Gasteiger partial charge in [0.25, 0.3) is 5.91 Å². The fourth-order valence-corrected chi connectivity index (χ4v) is 4.03. The van der Waals surface area contributed by atoms with Crippen LogP contribution in [-0.2, 0) is 11.3 Å². The Bertz CT molecular complexity index is 1380. The highest BCUT2D eigenvalue weighted by Crippen LogP contribution is 2.29. The predicted octanol–water partition coefficient (Wildman–Crippen LogP) is 5.92. The lowest BCUT2D eigenvalue weighted by Gasteiger charge is -2.13. The number of nitrogens with zero attached hydrogens (tertiary/aromatic N) is 2. The molecule has 0 fully saturated rings. The Morgan fingerprint density at radius 1 is 1.06 bits per heavy atom. The highest BCUT2D eigenvalue weighted by molar-refractivity contribution is 6.04. The Morgan fingerprint density at radius 3 is 2.45 bits per heavy atom. The molecule has 0 bridgehead atoms. The third-order valence-corrected chi connectivity index (χ3v) is 5.87. The SMILES string of the molecule is Cc1c(/C=C(/C#N)C(=O)N[C@H](C)c2ccccc2)c2ccccc2n1Cc1ccccc1F. The van der Waals surface area contributed by atoms with E-state index in [9.17, 15) is 14.4 Å². The van der Waals surface area contributed by atoms with Gasteiger partial charge in [-0.05, 0) is 37.6 Å². The Balaban J connectivity index is 1.71. The van der Waals surface area contributed by atoms with Crippen LogP contribution >= 0.6 is 0 Å². The number of nitriles is 1. The number of fused-ring (bicyclic) bond motifs is 1. The van der Waals surface area contributed by atoms with E-state index in [1.54, 1.807) is 18.2 Å². The van der Waals surface area contributed by atoms with Crippen molar-refractivity contribution >= 4 is 22.9 Å². The molecule has 0 saturated heterocycles. The average Bonchev–Trinajstić information content (AvgIpc) is 3.10. The van der Waals surface area contributed by atoms with Gasteiger partial charge in [-0.1, -0.05) is 66.7 Å². The molecule has 5 heteroatoms. The first kappa shape index (κ1) is 22.0. The molecule has 1 N–H and O–H groups in total. The minimum atomic E-state index is -0.431. The van der Waals surface area contributed by atoms with E-state index in [0.717, 1.165) is 27.7 Å². The van der Waals surface area contributed by atoms with Crippen molar-refractivity contribution in [1.29, 1.82) is 5.26 Å². The first-order chi connectivity index (χ1) is 16.0. The zero-order valence-electron chi connectivity index (χ0n) is 18.5. The summed E-state index contributed by atoms with van der Waals surface area (Å²) < 4.78 is 16.3. The summed E-state index contributed by atoms with van der Waals surface area (Å²) in [6.45, 7) is 4.16.